The first-order chi connectivity index (χ1) is 11.1. The van der Waals surface area contributed by atoms with E-state index in [4.69, 9.17) is 33.4 Å². The van der Waals surface area contributed by atoms with Gasteiger partial charge < -0.3 is 20.4 Å². The molecule has 0 amide bonds. The summed E-state index contributed by atoms with van der Waals surface area (Å²) in [6.07, 6.45) is 1.04. The highest BCUT2D eigenvalue weighted by Crippen LogP contribution is 2.40. The summed E-state index contributed by atoms with van der Waals surface area (Å²) in [5.41, 5.74) is 7.73. The number of rotatable bonds is 2. The first-order valence-corrected chi connectivity index (χ1v) is 8.10. The average molecular weight is 352 g/mol. The molecule has 1 fully saturated rings. The van der Waals surface area contributed by atoms with Gasteiger partial charge in [0, 0.05) is 19.1 Å². The lowest BCUT2D eigenvalue weighted by Crippen LogP contribution is -2.30. The van der Waals surface area contributed by atoms with Gasteiger partial charge in [-0.2, -0.15) is 4.98 Å². The van der Waals surface area contributed by atoms with Gasteiger partial charge in [-0.05, 0) is 25.6 Å². The molecule has 1 aromatic carbocycles. The van der Waals surface area contributed by atoms with Crippen molar-refractivity contribution in [3.05, 3.63) is 22.2 Å². The third-order valence-corrected chi connectivity index (χ3v) is 5.07. The summed E-state index contributed by atoms with van der Waals surface area (Å²) in [5, 5.41) is 4.83. The summed E-state index contributed by atoms with van der Waals surface area (Å²) in [5.74, 6) is 0.896. The zero-order valence-electron chi connectivity index (χ0n) is 12.4. The maximum Gasteiger partial charge on any atom is 0.222 e. The van der Waals surface area contributed by atoms with Gasteiger partial charge >= 0.3 is 0 Å². The number of nitrogens with zero attached hydrogens (tertiary/aromatic N) is 3. The van der Waals surface area contributed by atoms with E-state index in [1.807, 2.05) is 7.05 Å². The number of anilines is 2. The Bertz CT molecular complexity index is 910. The molecular weight excluding hydrogens is 337 g/mol. The van der Waals surface area contributed by atoms with Crippen LogP contribution in [-0.4, -0.2) is 36.1 Å². The van der Waals surface area contributed by atoms with Crippen molar-refractivity contribution < 1.29 is 4.42 Å². The number of benzene rings is 1. The maximum absolute atomic E-state index is 6.34. The Kier molecular flexibility index (Phi) is 3.48. The molecule has 8 heteroatoms. The van der Waals surface area contributed by atoms with E-state index in [1.165, 1.54) is 0 Å². The highest BCUT2D eigenvalue weighted by Gasteiger charge is 2.27. The number of aromatic nitrogens is 2. The van der Waals surface area contributed by atoms with Crippen molar-refractivity contribution in [3.63, 3.8) is 0 Å². The fourth-order valence-corrected chi connectivity index (χ4v) is 3.47. The lowest BCUT2D eigenvalue weighted by molar-refractivity contribution is 0.615. The van der Waals surface area contributed by atoms with Crippen LogP contribution in [0.25, 0.3) is 22.1 Å². The molecule has 2 aromatic heterocycles. The molecule has 120 valence electrons. The average Bonchev–Trinajstić information content (AvgIpc) is 3.14. The van der Waals surface area contributed by atoms with Gasteiger partial charge in [-0.25, -0.2) is 4.98 Å². The van der Waals surface area contributed by atoms with Gasteiger partial charge in [-0.15, -0.1) is 0 Å². The Morgan fingerprint density at radius 3 is 2.91 bits per heavy atom. The van der Waals surface area contributed by atoms with Crippen LogP contribution in [0.15, 0.2) is 16.5 Å². The highest BCUT2D eigenvalue weighted by atomic mass is 35.5. The number of furan rings is 1. The second-order valence-electron chi connectivity index (χ2n) is 5.64. The third kappa shape index (κ3) is 2.29. The maximum atomic E-state index is 6.34. The minimum absolute atomic E-state index is 0.194. The number of fused-ring (bicyclic) bond motifs is 3. The monoisotopic (exact) mass is 351 g/mol. The van der Waals surface area contributed by atoms with E-state index >= 15 is 0 Å². The van der Waals surface area contributed by atoms with Crippen molar-refractivity contribution in [2.45, 2.75) is 12.5 Å². The van der Waals surface area contributed by atoms with Crippen molar-refractivity contribution in [2.24, 2.45) is 0 Å². The smallest absolute Gasteiger partial charge is 0.222 e. The van der Waals surface area contributed by atoms with E-state index in [0.717, 1.165) is 19.5 Å². The molecule has 3 aromatic rings. The minimum atomic E-state index is 0.194. The van der Waals surface area contributed by atoms with Crippen LogP contribution in [0.4, 0.5) is 11.8 Å². The molecule has 0 radical (unpaired) electrons. The van der Waals surface area contributed by atoms with Crippen LogP contribution in [-0.2, 0) is 0 Å². The fraction of sp³-hybridized carbons (Fsp3) is 0.333. The molecule has 3 N–H and O–H groups in total. The third-order valence-electron chi connectivity index (χ3n) is 4.27. The second kappa shape index (κ2) is 5.40. The van der Waals surface area contributed by atoms with E-state index < -0.39 is 0 Å². The molecule has 1 unspecified atom stereocenters. The van der Waals surface area contributed by atoms with Crippen molar-refractivity contribution >= 4 is 57.0 Å². The number of nitrogen functional groups attached to an aromatic ring is 1. The molecule has 0 bridgehead atoms. The Balaban J connectivity index is 1.97. The zero-order chi connectivity index (χ0) is 16.1. The fourth-order valence-electron chi connectivity index (χ4n) is 3.07. The molecule has 0 spiro atoms. The molecule has 1 saturated heterocycles. The predicted octanol–water partition coefficient (Wildman–Crippen LogP) is 3.06. The second-order valence-corrected chi connectivity index (χ2v) is 6.43. The van der Waals surface area contributed by atoms with E-state index in [9.17, 15) is 0 Å². The largest absolute Gasteiger partial charge is 0.450 e. The Morgan fingerprint density at radius 2 is 2.17 bits per heavy atom. The number of likely N-dealkylation sites (N-methyl/N-ethyl adjacent to an activating group) is 1. The quantitative estimate of drug-likeness (QED) is 0.738. The summed E-state index contributed by atoms with van der Waals surface area (Å²) in [6, 6.07) is 3.91. The van der Waals surface area contributed by atoms with Crippen LogP contribution >= 0.6 is 23.2 Å². The van der Waals surface area contributed by atoms with Crippen LogP contribution in [0.2, 0.25) is 10.0 Å². The van der Waals surface area contributed by atoms with Crippen molar-refractivity contribution in [1.82, 2.24) is 15.3 Å². The van der Waals surface area contributed by atoms with Crippen LogP contribution in [0.3, 0.4) is 0 Å². The Labute approximate surface area is 142 Å². The number of hydrogen-bond acceptors (Lipinski definition) is 6. The van der Waals surface area contributed by atoms with Crippen LogP contribution in [0, 0.1) is 0 Å². The first-order valence-electron chi connectivity index (χ1n) is 7.34. The highest BCUT2D eigenvalue weighted by molar-refractivity contribution is 6.46. The standard InChI is InChI=1S/C15H15Cl2N5O/c1-19-7-4-5-22(6-7)14-13-12(20-15(18)21-14)10-9(23-13)3-2-8(16)11(10)17/h2-3,7,19H,4-6H2,1H3,(H2,18,20,21). The van der Waals surface area contributed by atoms with Gasteiger partial charge in [0.2, 0.25) is 5.95 Å². The topological polar surface area (TPSA) is 80.2 Å². The van der Waals surface area contributed by atoms with Crippen molar-refractivity contribution in [2.75, 3.05) is 30.8 Å². The van der Waals surface area contributed by atoms with Crippen molar-refractivity contribution in [3.8, 4) is 0 Å². The number of nitrogens with one attached hydrogen (secondary N) is 1. The molecule has 1 aliphatic rings. The first kappa shape index (κ1) is 14.8. The summed E-state index contributed by atoms with van der Waals surface area (Å²) in [4.78, 5) is 10.9. The van der Waals surface area contributed by atoms with Gasteiger partial charge in [0.25, 0.3) is 0 Å². The summed E-state index contributed by atoms with van der Waals surface area (Å²) >= 11 is 12.5. The molecule has 6 nitrogen and oxygen atoms in total. The van der Waals surface area contributed by atoms with Gasteiger partial charge in [0.05, 0.1) is 15.4 Å². The predicted molar refractivity (Wildman–Crippen MR) is 93.4 cm³/mol. The molecular formula is C15H15Cl2N5O. The Hall–Kier alpha value is -1.76. The van der Waals surface area contributed by atoms with E-state index in [1.54, 1.807) is 12.1 Å². The normalized spacial score (nSPS) is 18.4. The van der Waals surface area contributed by atoms with Gasteiger partial charge in [0.15, 0.2) is 11.4 Å². The van der Waals surface area contributed by atoms with Gasteiger partial charge in [-0.3, -0.25) is 0 Å². The minimum Gasteiger partial charge on any atom is -0.450 e. The summed E-state index contributed by atoms with van der Waals surface area (Å²) in [6.45, 7) is 1.72. The number of halogens is 2. The van der Waals surface area contributed by atoms with E-state index in [0.29, 0.717) is 44.0 Å². The van der Waals surface area contributed by atoms with Gasteiger partial charge in [0.1, 0.15) is 11.1 Å². The van der Waals surface area contributed by atoms with Crippen LogP contribution in [0.5, 0.6) is 0 Å². The summed E-state index contributed by atoms with van der Waals surface area (Å²) in [7, 11) is 1.96. The van der Waals surface area contributed by atoms with E-state index in [-0.39, 0.29) is 5.95 Å². The summed E-state index contributed by atoms with van der Waals surface area (Å²) < 4.78 is 5.97. The Morgan fingerprint density at radius 1 is 1.35 bits per heavy atom. The van der Waals surface area contributed by atoms with Crippen molar-refractivity contribution in [1.29, 1.82) is 0 Å². The molecule has 3 heterocycles. The zero-order valence-corrected chi connectivity index (χ0v) is 13.9. The van der Waals surface area contributed by atoms with Gasteiger partial charge in [-0.1, -0.05) is 23.2 Å². The molecule has 1 atom stereocenters. The van der Waals surface area contributed by atoms with Crippen LogP contribution < -0.4 is 16.0 Å². The molecule has 1 aliphatic heterocycles. The molecule has 23 heavy (non-hydrogen) atoms. The lowest BCUT2D eigenvalue weighted by atomic mass is 10.2. The van der Waals surface area contributed by atoms with E-state index in [2.05, 4.69) is 20.2 Å². The number of nitrogens with two attached hydrogens (primary N) is 1. The van der Waals surface area contributed by atoms with Crippen LogP contribution in [0.1, 0.15) is 6.42 Å². The molecule has 0 aliphatic carbocycles. The SMILES string of the molecule is CNC1CCN(c2nc(N)nc3c2oc2ccc(Cl)c(Cl)c23)C1. The lowest BCUT2D eigenvalue weighted by Gasteiger charge is -2.17. The molecule has 4 rings (SSSR count). The molecule has 0 saturated carbocycles. The number of hydrogen-bond donors (Lipinski definition) is 2.